The average molecular weight is 213 g/mol. The number of thiol groups is 1. The van der Waals surface area contributed by atoms with Crippen molar-refractivity contribution < 1.29 is 0 Å². The highest BCUT2D eigenvalue weighted by Gasteiger charge is 2.09. The van der Waals surface area contributed by atoms with Gasteiger partial charge in [-0.25, -0.2) is 0 Å². The smallest absolute Gasteiger partial charge is 0.158 e. The Balaban J connectivity index is 2.78. The number of hydrogen-bond donors (Lipinski definition) is 1. The number of hydrogen-bond acceptors (Lipinski definition) is 2. The van der Waals surface area contributed by atoms with Gasteiger partial charge in [0.25, 0.3) is 0 Å². The predicted molar refractivity (Wildman–Crippen MR) is 58.4 cm³/mol. The molecule has 0 fully saturated rings. The summed E-state index contributed by atoms with van der Waals surface area (Å²) >= 11 is 10.3. The summed E-state index contributed by atoms with van der Waals surface area (Å²) in [6, 6.07) is 7.86. The Kier molecular flexibility index (Phi) is 2.22. The third kappa shape index (κ3) is 1.42. The largest absolute Gasteiger partial charge is 0.251 e. The van der Waals surface area contributed by atoms with Gasteiger partial charge >= 0.3 is 0 Å². The standard InChI is InChI=1S/C9H9ClN2S/c1-6(13)12-8-5-3-2-4-7(8)9(10)11-12/h2-6,13H,1H3. The van der Waals surface area contributed by atoms with E-state index in [9.17, 15) is 0 Å². The Morgan fingerprint density at radius 3 is 2.85 bits per heavy atom. The lowest BCUT2D eigenvalue weighted by Gasteiger charge is -2.04. The number of nitrogens with zero attached hydrogens (tertiary/aromatic N) is 2. The molecule has 1 aromatic heterocycles. The lowest BCUT2D eigenvalue weighted by atomic mass is 10.2. The van der Waals surface area contributed by atoms with Gasteiger partial charge in [-0.3, -0.25) is 4.68 Å². The highest BCUT2D eigenvalue weighted by atomic mass is 35.5. The fraction of sp³-hybridized carbons (Fsp3) is 0.222. The molecular formula is C9H9ClN2S. The molecule has 2 nitrogen and oxygen atoms in total. The van der Waals surface area contributed by atoms with Gasteiger partial charge in [0.2, 0.25) is 0 Å². The van der Waals surface area contributed by atoms with Gasteiger partial charge in [0, 0.05) is 5.39 Å². The molecule has 0 saturated heterocycles. The molecule has 0 amide bonds. The summed E-state index contributed by atoms with van der Waals surface area (Å²) in [7, 11) is 0. The zero-order valence-corrected chi connectivity index (χ0v) is 8.76. The normalized spacial score (nSPS) is 13.5. The number of para-hydroxylation sites is 1. The molecule has 0 spiro atoms. The van der Waals surface area contributed by atoms with Crippen molar-refractivity contribution in [3.05, 3.63) is 29.4 Å². The van der Waals surface area contributed by atoms with Gasteiger partial charge in [-0.15, -0.1) is 0 Å². The molecule has 0 N–H and O–H groups in total. The maximum absolute atomic E-state index is 5.96. The van der Waals surface area contributed by atoms with Crippen LogP contribution in [0.3, 0.4) is 0 Å². The minimum Gasteiger partial charge on any atom is -0.251 e. The molecule has 1 heterocycles. The first-order chi connectivity index (χ1) is 6.20. The van der Waals surface area contributed by atoms with Gasteiger partial charge in [0.1, 0.15) is 0 Å². The molecule has 0 saturated carbocycles. The summed E-state index contributed by atoms with van der Waals surface area (Å²) < 4.78 is 1.81. The molecule has 0 aliphatic heterocycles. The van der Waals surface area contributed by atoms with E-state index < -0.39 is 0 Å². The Labute approximate surface area is 86.9 Å². The van der Waals surface area contributed by atoms with Crippen molar-refractivity contribution in [1.82, 2.24) is 9.78 Å². The second-order valence-electron chi connectivity index (χ2n) is 2.88. The number of aromatic nitrogens is 2. The van der Waals surface area contributed by atoms with E-state index in [1.807, 2.05) is 31.2 Å². The van der Waals surface area contributed by atoms with Crippen molar-refractivity contribution in [2.45, 2.75) is 12.3 Å². The maximum Gasteiger partial charge on any atom is 0.158 e. The Morgan fingerprint density at radius 2 is 2.15 bits per heavy atom. The average Bonchev–Trinajstić information content (AvgIpc) is 2.45. The fourth-order valence-corrected chi connectivity index (χ4v) is 1.75. The van der Waals surface area contributed by atoms with Gasteiger partial charge in [-0.2, -0.15) is 17.7 Å². The van der Waals surface area contributed by atoms with E-state index in [0.717, 1.165) is 10.9 Å². The first-order valence-electron chi connectivity index (χ1n) is 4.01. The predicted octanol–water partition coefficient (Wildman–Crippen LogP) is 3.14. The number of halogens is 1. The zero-order valence-electron chi connectivity index (χ0n) is 7.11. The van der Waals surface area contributed by atoms with E-state index >= 15 is 0 Å². The SMILES string of the molecule is CC(S)n1nc(Cl)c2ccccc21. The summed E-state index contributed by atoms with van der Waals surface area (Å²) in [5, 5.41) is 5.75. The van der Waals surface area contributed by atoms with Crippen LogP contribution in [0.5, 0.6) is 0 Å². The van der Waals surface area contributed by atoms with Crippen LogP contribution >= 0.6 is 24.2 Å². The Morgan fingerprint density at radius 1 is 1.46 bits per heavy atom. The number of benzene rings is 1. The first-order valence-corrected chi connectivity index (χ1v) is 4.90. The highest BCUT2D eigenvalue weighted by Crippen LogP contribution is 2.25. The van der Waals surface area contributed by atoms with Crippen LogP contribution in [0.15, 0.2) is 24.3 Å². The van der Waals surface area contributed by atoms with E-state index in [1.54, 1.807) is 4.68 Å². The van der Waals surface area contributed by atoms with Crippen LogP contribution in [0.2, 0.25) is 5.15 Å². The number of fused-ring (bicyclic) bond motifs is 1. The quantitative estimate of drug-likeness (QED) is 0.720. The van der Waals surface area contributed by atoms with Crippen LogP contribution in [-0.4, -0.2) is 9.78 Å². The monoisotopic (exact) mass is 212 g/mol. The van der Waals surface area contributed by atoms with E-state index in [-0.39, 0.29) is 5.37 Å². The van der Waals surface area contributed by atoms with Gasteiger partial charge in [-0.1, -0.05) is 23.7 Å². The topological polar surface area (TPSA) is 17.8 Å². The molecule has 0 aliphatic rings. The van der Waals surface area contributed by atoms with Crippen LogP contribution < -0.4 is 0 Å². The molecule has 13 heavy (non-hydrogen) atoms. The van der Waals surface area contributed by atoms with E-state index in [2.05, 4.69) is 17.7 Å². The molecule has 2 aromatic rings. The Hall–Kier alpha value is -0.670. The maximum atomic E-state index is 5.96. The molecule has 2 rings (SSSR count). The molecule has 0 bridgehead atoms. The molecule has 4 heteroatoms. The molecule has 0 aliphatic carbocycles. The third-order valence-electron chi connectivity index (χ3n) is 1.92. The Bertz CT molecular complexity index is 436. The van der Waals surface area contributed by atoms with Crippen LogP contribution in [0, 0.1) is 0 Å². The molecule has 0 radical (unpaired) electrons. The molecule has 1 aromatic carbocycles. The lowest BCUT2D eigenvalue weighted by molar-refractivity contribution is 0.670. The fourth-order valence-electron chi connectivity index (χ4n) is 1.34. The van der Waals surface area contributed by atoms with E-state index in [0.29, 0.717) is 5.15 Å². The molecular weight excluding hydrogens is 204 g/mol. The number of rotatable bonds is 1. The summed E-state index contributed by atoms with van der Waals surface area (Å²) in [6.07, 6.45) is 0. The zero-order chi connectivity index (χ0) is 9.42. The van der Waals surface area contributed by atoms with Crippen LogP contribution in [0.25, 0.3) is 10.9 Å². The van der Waals surface area contributed by atoms with Crippen molar-refractivity contribution in [3.8, 4) is 0 Å². The minimum absolute atomic E-state index is 0.0393. The first kappa shape index (κ1) is 8.91. The lowest BCUT2D eigenvalue weighted by Crippen LogP contribution is -1.99. The summed E-state index contributed by atoms with van der Waals surface area (Å²) in [6.45, 7) is 1.96. The van der Waals surface area contributed by atoms with Gasteiger partial charge < -0.3 is 0 Å². The third-order valence-corrected chi connectivity index (χ3v) is 2.42. The summed E-state index contributed by atoms with van der Waals surface area (Å²) in [4.78, 5) is 0. The van der Waals surface area contributed by atoms with Crippen molar-refractivity contribution in [1.29, 1.82) is 0 Å². The van der Waals surface area contributed by atoms with Crippen LogP contribution in [-0.2, 0) is 0 Å². The molecule has 1 atom stereocenters. The van der Waals surface area contributed by atoms with Crippen LogP contribution in [0.1, 0.15) is 12.3 Å². The van der Waals surface area contributed by atoms with Crippen LogP contribution in [0.4, 0.5) is 0 Å². The second-order valence-corrected chi connectivity index (χ2v) is 3.99. The van der Waals surface area contributed by atoms with Gasteiger partial charge in [-0.05, 0) is 19.1 Å². The van der Waals surface area contributed by atoms with Crippen molar-refractivity contribution in [2.75, 3.05) is 0 Å². The summed E-state index contributed by atoms with van der Waals surface area (Å²) in [5.74, 6) is 0. The highest BCUT2D eigenvalue weighted by molar-refractivity contribution is 7.80. The molecule has 1 unspecified atom stereocenters. The van der Waals surface area contributed by atoms with Crippen molar-refractivity contribution in [3.63, 3.8) is 0 Å². The van der Waals surface area contributed by atoms with Crippen molar-refractivity contribution in [2.24, 2.45) is 0 Å². The minimum atomic E-state index is 0.0393. The van der Waals surface area contributed by atoms with E-state index in [1.165, 1.54) is 0 Å². The second kappa shape index (κ2) is 3.24. The summed E-state index contributed by atoms with van der Waals surface area (Å²) in [5.41, 5.74) is 1.02. The van der Waals surface area contributed by atoms with Gasteiger partial charge in [0.05, 0.1) is 10.9 Å². The molecule has 68 valence electrons. The van der Waals surface area contributed by atoms with Gasteiger partial charge in [0.15, 0.2) is 5.15 Å². The van der Waals surface area contributed by atoms with Crippen molar-refractivity contribution >= 4 is 35.1 Å². The van der Waals surface area contributed by atoms with E-state index in [4.69, 9.17) is 11.6 Å².